The van der Waals surface area contributed by atoms with Crippen LogP contribution in [0, 0.1) is 22.9 Å². The van der Waals surface area contributed by atoms with Gasteiger partial charge in [0.1, 0.15) is 17.3 Å². The number of sulfonamides is 1. The summed E-state index contributed by atoms with van der Waals surface area (Å²) in [6, 6.07) is 12.5. The average Bonchev–Trinajstić information content (AvgIpc) is 3.15. The molecule has 10 heteroatoms. The lowest BCUT2D eigenvalue weighted by atomic mass is 10.1. The Bertz CT molecular complexity index is 1220. The molecule has 30 heavy (non-hydrogen) atoms. The van der Waals surface area contributed by atoms with Gasteiger partial charge in [-0.2, -0.15) is 0 Å². The molecule has 1 amide bonds. The number of nitro groups is 1. The first-order valence-electron chi connectivity index (χ1n) is 8.81. The van der Waals surface area contributed by atoms with Crippen LogP contribution in [0.2, 0.25) is 0 Å². The maximum atomic E-state index is 13.8. The normalized spacial score (nSPS) is 11.3. The summed E-state index contributed by atoms with van der Waals surface area (Å²) in [5.74, 6) is -0.512. The average molecular weight is 432 g/mol. The third kappa shape index (κ3) is 4.71. The molecule has 0 aliphatic carbocycles. The summed E-state index contributed by atoms with van der Waals surface area (Å²) >= 11 is 0. The number of non-ortho nitro benzene ring substituents is 1. The molecule has 0 unspecified atom stereocenters. The molecule has 0 radical (unpaired) electrons. The van der Waals surface area contributed by atoms with E-state index < -0.39 is 26.7 Å². The lowest BCUT2D eigenvalue weighted by Gasteiger charge is -2.09. The monoisotopic (exact) mass is 432 g/mol. The van der Waals surface area contributed by atoms with E-state index in [0.29, 0.717) is 11.5 Å². The van der Waals surface area contributed by atoms with Gasteiger partial charge in [-0.1, -0.05) is 12.1 Å². The highest BCUT2D eigenvalue weighted by molar-refractivity contribution is 7.90. The Hall–Kier alpha value is -3.53. The molecule has 1 N–H and O–H groups in total. The van der Waals surface area contributed by atoms with E-state index in [0.717, 1.165) is 18.2 Å². The molecule has 2 aromatic carbocycles. The fraction of sp³-hybridized carbons (Fsp3) is 0.150. The number of amides is 1. The van der Waals surface area contributed by atoms with Crippen molar-refractivity contribution in [1.82, 2.24) is 4.72 Å². The first-order chi connectivity index (χ1) is 14.2. The molecule has 3 rings (SSSR count). The minimum Gasteiger partial charge on any atom is -0.461 e. The molecular formula is C20H17FN2O6S. The number of aryl methyl sites for hydroxylation is 2. The summed E-state index contributed by atoms with van der Waals surface area (Å²) in [7, 11) is -4.18. The van der Waals surface area contributed by atoms with E-state index in [9.17, 15) is 27.7 Å². The van der Waals surface area contributed by atoms with Crippen LogP contribution in [0.4, 0.5) is 10.1 Å². The minimum atomic E-state index is -4.18. The largest absolute Gasteiger partial charge is 0.461 e. The molecule has 0 bridgehead atoms. The van der Waals surface area contributed by atoms with E-state index in [1.165, 1.54) is 13.0 Å². The highest BCUT2D eigenvalue weighted by Gasteiger charge is 2.22. The molecule has 1 heterocycles. The van der Waals surface area contributed by atoms with Gasteiger partial charge in [-0.15, -0.1) is 0 Å². The Morgan fingerprint density at radius 2 is 1.90 bits per heavy atom. The summed E-state index contributed by atoms with van der Waals surface area (Å²) in [6.45, 7) is 1.40. The Balaban J connectivity index is 1.65. The molecule has 0 aliphatic rings. The zero-order valence-electron chi connectivity index (χ0n) is 15.8. The van der Waals surface area contributed by atoms with Gasteiger partial charge in [0.15, 0.2) is 0 Å². The lowest BCUT2D eigenvalue weighted by molar-refractivity contribution is -0.385. The summed E-state index contributed by atoms with van der Waals surface area (Å²) in [4.78, 5) is 22.0. The van der Waals surface area contributed by atoms with Crippen LogP contribution in [-0.2, 0) is 21.2 Å². The molecule has 0 spiro atoms. The number of nitrogens with one attached hydrogen (secondary N) is 1. The first-order valence-corrected chi connectivity index (χ1v) is 10.3. The van der Waals surface area contributed by atoms with Crippen LogP contribution in [0.25, 0.3) is 11.3 Å². The highest BCUT2D eigenvalue weighted by atomic mass is 32.2. The number of carbonyl (C=O) groups is 1. The SMILES string of the molecule is Cc1cc([N+](=O)[O-])ccc1S(=O)(=O)NC(=O)CCc1ccc(-c2ccccc2F)o1. The summed E-state index contributed by atoms with van der Waals surface area (Å²) in [5.41, 5.74) is 0.177. The number of benzene rings is 2. The molecule has 1 aromatic heterocycles. The van der Waals surface area contributed by atoms with Crippen molar-refractivity contribution in [2.24, 2.45) is 0 Å². The number of carbonyl (C=O) groups excluding carboxylic acids is 1. The molecule has 0 saturated carbocycles. The van der Waals surface area contributed by atoms with Crippen molar-refractivity contribution in [2.75, 3.05) is 0 Å². The van der Waals surface area contributed by atoms with Gasteiger partial charge in [0, 0.05) is 25.0 Å². The minimum absolute atomic E-state index is 0.106. The van der Waals surface area contributed by atoms with E-state index >= 15 is 0 Å². The second-order valence-corrected chi connectivity index (χ2v) is 8.13. The van der Waals surface area contributed by atoms with Crippen LogP contribution in [0.15, 0.2) is 63.9 Å². The van der Waals surface area contributed by atoms with Gasteiger partial charge in [0.2, 0.25) is 5.91 Å². The smallest absolute Gasteiger partial charge is 0.269 e. The van der Waals surface area contributed by atoms with Crippen molar-refractivity contribution in [2.45, 2.75) is 24.7 Å². The second-order valence-electron chi connectivity index (χ2n) is 6.48. The van der Waals surface area contributed by atoms with Crippen LogP contribution in [0.3, 0.4) is 0 Å². The van der Waals surface area contributed by atoms with Crippen LogP contribution in [-0.4, -0.2) is 19.2 Å². The quantitative estimate of drug-likeness (QED) is 0.449. The van der Waals surface area contributed by atoms with Crippen molar-refractivity contribution >= 4 is 21.6 Å². The standard InChI is InChI=1S/C20H17FN2O6S/c1-13-12-14(23(25)26)6-10-19(13)30(27,28)22-20(24)11-8-15-7-9-18(29-15)16-4-2-3-5-17(16)21/h2-7,9-10,12H,8,11H2,1H3,(H,22,24). The molecule has 0 saturated heterocycles. The maximum Gasteiger partial charge on any atom is 0.269 e. The van der Waals surface area contributed by atoms with Gasteiger partial charge in [-0.05, 0) is 42.8 Å². The van der Waals surface area contributed by atoms with Gasteiger partial charge in [-0.3, -0.25) is 14.9 Å². The summed E-state index contributed by atoms with van der Waals surface area (Å²) in [6.07, 6.45) is -0.0788. The van der Waals surface area contributed by atoms with Gasteiger partial charge in [0.25, 0.3) is 15.7 Å². The first kappa shape index (κ1) is 21.2. The highest BCUT2D eigenvalue weighted by Crippen LogP contribution is 2.25. The number of halogens is 1. The predicted octanol–water partition coefficient (Wildman–Crippen LogP) is 3.74. The number of furan rings is 1. The van der Waals surface area contributed by atoms with Crippen LogP contribution >= 0.6 is 0 Å². The van der Waals surface area contributed by atoms with E-state index in [-0.39, 0.29) is 34.6 Å². The number of nitrogens with zero attached hydrogens (tertiary/aromatic N) is 1. The molecular weight excluding hydrogens is 415 g/mol. The Morgan fingerprint density at radius 1 is 1.17 bits per heavy atom. The van der Waals surface area contributed by atoms with E-state index in [1.807, 2.05) is 4.72 Å². The van der Waals surface area contributed by atoms with Crippen molar-refractivity contribution in [3.8, 4) is 11.3 Å². The lowest BCUT2D eigenvalue weighted by Crippen LogP contribution is -2.31. The van der Waals surface area contributed by atoms with Crippen LogP contribution in [0.1, 0.15) is 17.7 Å². The molecule has 156 valence electrons. The van der Waals surface area contributed by atoms with E-state index in [2.05, 4.69) is 0 Å². The topological polar surface area (TPSA) is 120 Å². The second kappa shape index (κ2) is 8.46. The van der Waals surface area contributed by atoms with Crippen molar-refractivity contribution in [3.05, 3.63) is 81.9 Å². The van der Waals surface area contributed by atoms with Crippen molar-refractivity contribution in [3.63, 3.8) is 0 Å². The van der Waals surface area contributed by atoms with Gasteiger partial charge in [0.05, 0.1) is 15.4 Å². The Kier molecular flexibility index (Phi) is 5.97. The van der Waals surface area contributed by atoms with E-state index in [4.69, 9.17) is 4.42 Å². The van der Waals surface area contributed by atoms with Gasteiger partial charge >= 0.3 is 0 Å². The Labute approximate surface area is 171 Å². The van der Waals surface area contributed by atoms with Crippen molar-refractivity contribution < 1.29 is 26.9 Å². The maximum absolute atomic E-state index is 13.8. The van der Waals surface area contributed by atoms with E-state index in [1.54, 1.807) is 30.3 Å². The molecule has 0 atom stereocenters. The molecule has 0 aliphatic heterocycles. The van der Waals surface area contributed by atoms with Crippen LogP contribution in [0.5, 0.6) is 0 Å². The number of nitro benzene ring substituents is 1. The number of hydrogen-bond donors (Lipinski definition) is 1. The fourth-order valence-corrected chi connectivity index (χ4v) is 4.10. The number of rotatable bonds is 7. The van der Waals surface area contributed by atoms with Gasteiger partial charge < -0.3 is 4.42 Å². The molecule has 0 fully saturated rings. The van der Waals surface area contributed by atoms with Crippen molar-refractivity contribution in [1.29, 1.82) is 0 Å². The zero-order chi connectivity index (χ0) is 21.9. The zero-order valence-corrected chi connectivity index (χ0v) is 16.6. The summed E-state index contributed by atoms with van der Waals surface area (Å²) < 4.78 is 46.1. The fourth-order valence-electron chi connectivity index (χ4n) is 2.86. The number of hydrogen-bond acceptors (Lipinski definition) is 6. The summed E-state index contributed by atoms with van der Waals surface area (Å²) in [5, 5.41) is 10.8. The predicted molar refractivity (Wildman–Crippen MR) is 106 cm³/mol. The third-order valence-corrected chi connectivity index (χ3v) is 5.84. The Morgan fingerprint density at radius 3 is 2.57 bits per heavy atom. The van der Waals surface area contributed by atoms with Gasteiger partial charge in [-0.25, -0.2) is 17.5 Å². The van der Waals surface area contributed by atoms with Crippen LogP contribution < -0.4 is 4.72 Å². The molecule has 3 aromatic rings. The molecule has 8 nitrogen and oxygen atoms in total. The third-order valence-electron chi connectivity index (χ3n) is 4.31.